The predicted molar refractivity (Wildman–Crippen MR) is 117 cm³/mol. The number of imidazole rings is 1. The summed E-state index contributed by atoms with van der Waals surface area (Å²) in [5.74, 6) is -0.265. The minimum Gasteiger partial charge on any atom is -0.383 e. The second kappa shape index (κ2) is 12.2. The fourth-order valence-electron chi connectivity index (χ4n) is 2.68. The molecule has 0 spiro atoms. The van der Waals surface area contributed by atoms with Crippen LogP contribution in [0.25, 0.3) is 0 Å². The van der Waals surface area contributed by atoms with Gasteiger partial charge in [0.2, 0.25) is 5.91 Å². The molecule has 0 aliphatic heterocycles. The maximum Gasteiger partial charge on any atom is 0.241 e. The number of rotatable bonds is 9. The first-order valence-electron chi connectivity index (χ1n) is 8.76. The molecule has 0 fully saturated rings. The lowest BCUT2D eigenvalue weighted by molar-refractivity contribution is -0.117. The van der Waals surface area contributed by atoms with Crippen LogP contribution in [0.5, 0.6) is 0 Å². The highest BCUT2D eigenvalue weighted by Gasteiger charge is 2.16. The number of anilines is 1. The number of carbonyl (C=O) groups is 1. The average Bonchev–Trinajstić information content (AvgIpc) is 3.30. The Labute approximate surface area is 182 Å². The third-order valence-electron chi connectivity index (χ3n) is 4.09. The molecule has 1 atom stereocenters. The standard InChI is InChI=1S/C19H24N6O2.2ClH/c1-27-8-7-25-13-17(10-22-25)23-19(26)18(20)9-16-12-24(14-21-16)11-15-5-3-2-4-6-15;;/h2-6,10,12-14,18H,7-9,11,20H2,1H3,(H,23,26);2*1H/t18-;;/m0../s1. The first-order valence-corrected chi connectivity index (χ1v) is 8.76. The molecule has 3 rings (SSSR count). The summed E-state index contributed by atoms with van der Waals surface area (Å²) in [4.78, 5) is 16.7. The predicted octanol–water partition coefficient (Wildman–Crippen LogP) is 2.13. The van der Waals surface area contributed by atoms with Crippen LogP contribution in [-0.4, -0.2) is 45.0 Å². The fourth-order valence-corrected chi connectivity index (χ4v) is 2.68. The average molecular weight is 441 g/mol. The van der Waals surface area contributed by atoms with Gasteiger partial charge in [-0.2, -0.15) is 5.10 Å². The molecule has 1 aromatic carbocycles. The van der Waals surface area contributed by atoms with E-state index in [4.69, 9.17) is 10.5 Å². The molecule has 29 heavy (non-hydrogen) atoms. The summed E-state index contributed by atoms with van der Waals surface area (Å²) in [6.45, 7) is 1.91. The molecule has 0 bridgehead atoms. The quantitative estimate of drug-likeness (QED) is 0.530. The minimum atomic E-state index is -0.688. The Morgan fingerprint density at radius 2 is 2.00 bits per heavy atom. The topological polar surface area (TPSA) is 100.0 Å². The summed E-state index contributed by atoms with van der Waals surface area (Å²) in [6.07, 6.45) is 7.38. The molecule has 0 aliphatic carbocycles. The van der Waals surface area contributed by atoms with Crippen LogP contribution in [0.15, 0.2) is 55.2 Å². The van der Waals surface area contributed by atoms with Gasteiger partial charge in [0.25, 0.3) is 0 Å². The Balaban J connectivity index is 0.00000210. The molecule has 10 heteroatoms. The van der Waals surface area contributed by atoms with E-state index in [9.17, 15) is 4.79 Å². The Morgan fingerprint density at radius 1 is 1.24 bits per heavy atom. The number of aromatic nitrogens is 4. The van der Waals surface area contributed by atoms with Gasteiger partial charge in [0.15, 0.2) is 0 Å². The van der Waals surface area contributed by atoms with Crippen molar-refractivity contribution in [3.8, 4) is 0 Å². The number of carbonyl (C=O) groups excluding carboxylic acids is 1. The fraction of sp³-hybridized carbons (Fsp3) is 0.316. The van der Waals surface area contributed by atoms with Gasteiger partial charge in [-0.15, -0.1) is 24.8 Å². The Kier molecular flexibility index (Phi) is 10.4. The number of ether oxygens (including phenoxy) is 1. The van der Waals surface area contributed by atoms with Crippen molar-refractivity contribution in [2.24, 2.45) is 5.73 Å². The number of benzene rings is 1. The molecule has 0 saturated carbocycles. The van der Waals surface area contributed by atoms with Crippen LogP contribution >= 0.6 is 24.8 Å². The van der Waals surface area contributed by atoms with Gasteiger partial charge in [-0.05, 0) is 5.56 Å². The Bertz CT molecular complexity index is 868. The van der Waals surface area contributed by atoms with Crippen molar-refractivity contribution in [2.75, 3.05) is 19.0 Å². The molecule has 8 nitrogen and oxygen atoms in total. The van der Waals surface area contributed by atoms with E-state index in [0.717, 1.165) is 12.2 Å². The van der Waals surface area contributed by atoms with Gasteiger partial charge < -0.3 is 20.4 Å². The Hall–Kier alpha value is -2.39. The number of nitrogens with zero attached hydrogens (tertiary/aromatic N) is 4. The van der Waals surface area contributed by atoms with Crippen LogP contribution in [0.3, 0.4) is 0 Å². The van der Waals surface area contributed by atoms with Gasteiger partial charge in [-0.1, -0.05) is 30.3 Å². The molecule has 3 aromatic rings. The van der Waals surface area contributed by atoms with Gasteiger partial charge in [-0.25, -0.2) is 4.98 Å². The summed E-state index contributed by atoms with van der Waals surface area (Å²) >= 11 is 0. The maximum absolute atomic E-state index is 12.3. The first kappa shape index (κ1) is 24.6. The zero-order valence-corrected chi connectivity index (χ0v) is 17.7. The molecule has 3 N–H and O–H groups in total. The molecule has 158 valence electrons. The van der Waals surface area contributed by atoms with Crippen molar-refractivity contribution in [2.45, 2.75) is 25.6 Å². The molecular formula is C19H26Cl2N6O2. The lowest BCUT2D eigenvalue weighted by Gasteiger charge is -2.09. The van der Waals surface area contributed by atoms with Gasteiger partial charge in [0.05, 0.1) is 43.1 Å². The van der Waals surface area contributed by atoms with Crippen LogP contribution in [0, 0.1) is 0 Å². The van der Waals surface area contributed by atoms with Gasteiger partial charge >= 0.3 is 0 Å². The van der Waals surface area contributed by atoms with Crippen LogP contribution < -0.4 is 11.1 Å². The molecule has 2 aromatic heterocycles. The maximum atomic E-state index is 12.3. The van der Waals surface area contributed by atoms with Crippen LogP contribution in [0.4, 0.5) is 5.69 Å². The molecule has 1 amide bonds. The Morgan fingerprint density at radius 3 is 2.72 bits per heavy atom. The van der Waals surface area contributed by atoms with E-state index in [0.29, 0.717) is 25.3 Å². The summed E-state index contributed by atoms with van der Waals surface area (Å²) < 4.78 is 8.69. The van der Waals surface area contributed by atoms with Crippen molar-refractivity contribution in [1.82, 2.24) is 19.3 Å². The first-order chi connectivity index (χ1) is 13.1. The lowest BCUT2D eigenvalue weighted by atomic mass is 10.1. The van der Waals surface area contributed by atoms with E-state index >= 15 is 0 Å². The van der Waals surface area contributed by atoms with Crippen LogP contribution in [0.2, 0.25) is 0 Å². The smallest absolute Gasteiger partial charge is 0.241 e. The monoisotopic (exact) mass is 440 g/mol. The number of methoxy groups -OCH3 is 1. The number of hydrogen-bond donors (Lipinski definition) is 2. The van der Waals surface area contributed by atoms with E-state index in [1.54, 1.807) is 30.5 Å². The number of halogens is 2. The lowest BCUT2D eigenvalue weighted by Crippen LogP contribution is -2.37. The van der Waals surface area contributed by atoms with E-state index in [1.807, 2.05) is 29.0 Å². The van der Waals surface area contributed by atoms with Crippen molar-refractivity contribution in [3.05, 3.63) is 66.5 Å². The second-order valence-corrected chi connectivity index (χ2v) is 6.31. The van der Waals surface area contributed by atoms with E-state index in [-0.39, 0.29) is 30.7 Å². The molecule has 0 unspecified atom stereocenters. The summed E-state index contributed by atoms with van der Waals surface area (Å²) in [5.41, 5.74) is 8.62. The zero-order chi connectivity index (χ0) is 19.1. The van der Waals surface area contributed by atoms with E-state index < -0.39 is 6.04 Å². The van der Waals surface area contributed by atoms with Crippen LogP contribution in [0.1, 0.15) is 11.3 Å². The zero-order valence-electron chi connectivity index (χ0n) is 16.1. The van der Waals surface area contributed by atoms with Crippen molar-refractivity contribution < 1.29 is 9.53 Å². The summed E-state index contributed by atoms with van der Waals surface area (Å²) in [5, 5.41) is 6.94. The normalized spacial score (nSPS) is 11.2. The number of nitrogens with two attached hydrogens (primary N) is 1. The summed E-state index contributed by atoms with van der Waals surface area (Å²) in [6, 6.07) is 9.43. The number of amides is 1. The van der Waals surface area contributed by atoms with Gasteiger partial charge in [0, 0.05) is 32.5 Å². The highest BCUT2D eigenvalue weighted by molar-refractivity contribution is 5.94. The van der Waals surface area contributed by atoms with Crippen molar-refractivity contribution >= 4 is 36.4 Å². The van der Waals surface area contributed by atoms with Gasteiger partial charge in [0.1, 0.15) is 0 Å². The van der Waals surface area contributed by atoms with Crippen LogP contribution in [-0.2, 0) is 29.0 Å². The second-order valence-electron chi connectivity index (χ2n) is 6.31. The highest BCUT2D eigenvalue weighted by atomic mass is 35.5. The molecule has 0 aliphatic rings. The van der Waals surface area contributed by atoms with Gasteiger partial charge in [-0.3, -0.25) is 9.48 Å². The molecule has 0 radical (unpaired) electrons. The number of hydrogen-bond acceptors (Lipinski definition) is 5. The minimum absolute atomic E-state index is 0. The highest BCUT2D eigenvalue weighted by Crippen LogP contribution is 2.08. The van der Waals surface area contributed by atoms with Crippen molar-refractivity contribution in [1.29, 1.82) is 0 Å². The third-order valence-corrected chi connectivity index (χ3v) is 4.09. The van der Waals surface area contributed by atoms with E-state index in [1.165, 1.54) is 5.56 Å². The molecule has 0 saturated heterocycles. The molecule has 2 heterocycles. The molecular weight excluding hydrogens is 415 g/mol. The van der Waals surface area contributed by atoms with E-state index in [2.05, 4.69) is 27.5 Å². The third kappa shape index (κ3) is 7.51. The summed E-state index contributed by atoms with van der Waals surface area (Å²) in [7, 11) is 1.63. The largest absolute Gasteiger partial charge is 0.383 e. The number of nitrogens with one attached hydrogen (secondary N) is 1. The van der Waals surface area contributed by atoms with Crippen molar-refractivity contribution in [3.63, 3.8) is 0 Å². The SMILES string of the molecule is COCCn1cc(NC(=O)[C@@H](N)Cc2cn(Cc3ccccc3)cn2)cn1.Cl.Cl.